The highest BCUT2D eigenvalue weighted by atomic mass is 35.5. The van der Waals surface area contributed by atoms with Gasteiger partial charge in [-0.25, -0.2) is 4.98 Å². The first kappa shape index (κ1) is 13.0. The molecule has 0 radical (unpaired) electrons. The van der Waals surface area contributed by atoms with Crippen molar-refractivity contribution in [2.75, 3.05) is 0 Å². The monoisotopic (exact) mass is 275 g/mol. The summed E-state index contributed by atoms with van der Waals surface area (Å²) in [6.45, 7) is 0. The van der Waals surface area contributed by atoms with Crippen LogP contribution in [0.25, 0.3) is 10.9 Å². The maximum absolute atomic E-state index is 7.27. The average molecular weight is 277 g/mol. The van der Waals surface area contributed by atoms with Crippen molar-refractivity contribution in [1.29, 1.82) is 5.41 Å². The number of halogens is 3. The first-order valence-corrected chi connectivity index (χ1v) is 4.94. The fraction of sp³-hybridized carbons (Fsp3) is 0. The number of nitrogens with zero attached hydrogens (tertiary/aromatic N) is 1. The van der Waals surface area contributed by atoms with Gasteiger partial charge in [-0.1, -0.05) is 23.2 Å². The number of hydrogen-bond acceptors (Lipinski definition) is 2. The lowest BCUT2D eigenvalue weighted by Gasteiger charge is -2.03. The summed E-state index contributed by atoms with van der Waals surface area (Å²) in [5.41, 5.74) is 6.39. The molecule has 0 aliphatic heterocycles. The molecule has 1 aromatic carbocycles. The molecule has 2 rings (SSSR count). The molecule has 0 amide bonds. The number of nitrogens with two attached hydrogens (primary N) is 1. The Morgan fingerprint density at radius 3 is 2.56 bits per heavy atom. The van der Waals surface area contributed by atoms with Gasteiger partial charge >= 0.3 is 0 Å². The molecule has 0 fully saturated rings. The summed E-state index contributed by atoms with van der Waals surface area (Å²) < 4.78 is 0. The van der Waals surface area contributed by atoms with Crippen molar-refractivity contribution in [2.45, 2.75) is 0 Å². The molecule has 0 bridgehead atoms. The fourth-order valence-electron chi connectivity index (χ4n) is 1.31. The van der Waals surface area contributed by atoms with Crippen LogP contribution in [0.4, 0.5) is 0 Å². The van der Waals surface area contributed by atoms with Gasteiger partial charge in [-0.3, -0.25) is 5.41 Å². The molecule has 1 aromatic heterocycles. The maximum atomic E-state index is 7.27. The van der Waals surface area contributed by atoms with Crippen LogP contribution in [0.2, 0.25) is 10.0 Å². The SMILES string of the molecule is Cl.N=C(N)c1ccc2c(Cl)cc(Cl)cc2n1. The van der Waals surface area contributed by atoms with Gasteiger partial charge in [0.1, 0.15) is 11.5 Å². The van der Waals surface area contributed by atoms with E-state index in [1.807, 2.05) is 0 Å². The fourth-order valence-corrected chi connectivity index (χ4v) is 1.85. The van der Waals surface area contributed by atoms with E-state index >= 15 is 0 Å². The smallest absolute Gasteiger partial charge is 0.141 e. The lowest BCUT2D eigenvalue weighted by molar-refractivity contribution is 1.31. The largest absolute Gasteiger partial charge is 0.382 e. The van der Waals surface area contributed by atoms with Crippen LogP contribution in [0.5, 0.6) is 0 Å². The minimum atomic E-state index is -0.0759. The van der Waals surface area contributed by atoms with Crippen LogP contribution in [0, 0.1) is 5.41 Å². The highest BCUT2D eigenvalue weighted by molar-refractivity contribution is 6.38. The predicted molar refractivity (Wildman–Crippen MR) is 70.0 cm³/mol. The molecule has 16 heavy (non-hydrogen) atoms. The van der Waals surface area contributed by atoms with E-state index in [0.717, 1.165) is 5.39 Å². The van der Waals surface area contributed by atoms with Crippen molar-refractivity contribution in [3.63, 3.8) is 0 Å². The zero-order valence-corrected chi connectivity index (χ0v) is 10.3. The molecule has 0 saturated carbocycles. The molecule has 0 saturated heterocycles. The first-order valence-electron chi connectivity index (χ1n) is 4.18. The van der Waals surface area contributed by atoms with Crippen LogP contribution in [0.3, 0.4) is 0 Å². The number of nitrogens with one attached hydrogen (secondary N) is 1. The van der Waals surface area contributed by atoms with Gasteiger partial charge < -0.3 is 5.73 Å². The highest BCUT2D eigenvalue weighted by Crippen LogP contribution is 2.26. The topological polar surface area (TPSA) is 62.8 Å². The molecule has 0 spiro atoms. The molecule has 1 heterocycles. The Balaban J connectivity index is 0.00000128. The average Bonchev–Trinajstić information content (AvgIpc) is 2.16. The third-order valence-corrected chi connectivity index (χ3v) is 2.53. The number of nitrogen functional groups attached to an aromatic ring is 1. The van der Waals surface area contributed by atoms with Gasteiger partial charge in [-0.2, -0.15) is 0 Å². The summed E-state index contributed by atoms with van der Waals surface area (Å²) >= 11 is 11.8. The molecular weight excluding hydrogens is 268 g/mol. The third-order valence-electron chi connectivity index (χ3n) is 2.00. The second kappa shape index (κ2) is 4.87. The summed E-state index contributed by atoms with van der Waals surface area (Å²) in [6, 6.07) is 6.78. The Kier molecular flexibility index (Phi) is 3.97. The van der Waals surface area contributed by atoms with Crippen LogP contribution >= 0.6 is 35.6 Å². The minimum Gasteiger partial charge on any atom is -0.382 e. The second-order valence-corrected chi connectivity index (χ2v) is 3.91. The Labute approximate surface area is 108 Å². The van der Waals surface area contributed by atoms with Gasteiger partial charge in [0.15, 0.2) is 0 Å². The van der Waals surface area contributed by atoms with Crippen molar-refractivity contribution < 1.29 is 0 Å². The van der Waals surface area contributed by atoms with Crippen molar-refractivity contribution in [2.24, 2.45) is 5.73 Å². The van der Waals surface area contributed by atoms with Gasteiger partial charge in [0.2, 0.25) is 0 Å². The molecule has 6 heteroatoms. The van der Waals surface area contributed by atoms with E-state index in [-0.39, 0.29) is 18.2 Å². The molecule has 84 valence electrons. The van der Waals surface area contributed by atoms with E-state index in [1.165, 1.54) is 0 Å². The number of rotatable bonds is 1. The quantitative estimate of drug-likeness (QED) is 0.620. The van der Waals surface area contributed by atoms with Gasteiger partial charge in [0.05, 0.1) is 10.5 Å². The number of aromatic nitrogens is 1. The number of hydrogen-bond donors (Lipinski definition) is 2. The third kappa shape index (κ3) is 2.38. The minimum absolute atomic E-state index is 0. The Hall–Kier alpha value is -1.03. The Bertz CT molecular complexity index is 554. The van der Waals surface area contributed by atoms with E-state index in [9.17, 15) is 0 Å². The van der Waals surface area contributed by atoms with Crippen molar-refractivity contribution in [1.82, 2.24) is 4.98 Å². The van der Waals surface area contributed by atoms with E-state index in [2.05, 4.69) is 4.98 Å². The van der Waals surface area contributed by atoms with Crippen molar-refractivity contribution >= 4 is 52.3 Å². The van der Waals surface area contributed by atoms with Crippen LogP contribution in [0.15, 0.2) is 24.3 Å². The van der Waals surface area contributed by atoms with Crippen molar-refractivity contribution in [3.8, 4) is 0 Å². The zero-order valence-electron chi connectivity index (χ0n) is 8.00. The van der Waals surface area contributed by atoms with Gasteiger partial charge in [0, 0.05) is 10.4 Å². The zero-order chi connectivity index (χ0) is 11.0. The summed E-state index contributed by atoms with van der Waals surface area (Å²) in [5, 5.41) is 9.12. The Morgan fingerprint density at radius 1 is 1.25 bits per heavy atom. The summed E-state index contributed by atoms with van der Waals surface area (Å²) in [4.78, 5) is 4.18. The molecule has 2 aromatic rings. The molecule has 3 N–H and O–H groups in total. The van der Waals surface area contributed by atoms with Gasteiger partial charge in [-0.05, 0) is 24.3 Å². The molecule has 0 aliphatic rings. The number of fused-ring (bicyclic) bond motifs is 1. The van der Waals surface area contributed by atoms with E-state index < -0.39 is 0 Å². The summed E-state index contributed by atoms with van der Waals surface area (Å²) in [6.07, 6.45) is 0. The van der Waals surface area contributed by atoms with Gasteiger partial charge in [-0.15, -0.1) is 12.4 Å². The summed E-state index contributed by atoms with van der Waals surface area (Å²) in [7, 11) is 0. The normalized spacial score (nSPS) is 9.88. The van der Waals surface area contributed by atoms with E-state index in [1.54, 1.807) is 24.3 Å². The molecular formula is C10H8Cl3N3. The number of amidine groups is 1. The number of benzene rings is 1. The highest BCUT2D eigenvalue weighted by Gasteiger charge is 2.05. The van der Waals surface area contributed by atoms with Crippen LogP contribution in [0.1, 0.15) is 5.69 Å². The molecule has 0 aliphatic carbocycles. The van der Waals surface area contributed by atoms with Crippen LogP contribution in [-0.2, 0) is 0 Å². The van der Waals surface area contributed by atoms with Crippen molar-refractivity contribution in [3.05, 3.63) is 40.0 Å². The second-order valence-electron chi connectivity index (χ2n) is 3.06. The van der Waals surface area contributed by atoms with Gasteiger partial charge in [0.25, 0.3) is 0 Å². The molecule has 3 nitrogen and oxygen atoms in total. The van der Waals surface area contributed by atoms with E-state index in [4.69, 9.17) is 34.3 Å². The maximum Gasteiger partial charge on any atom is 0.141 e. The van der Waals surface area contributed by atoms with Crippen LogP contribution < -0.4 is 5.73 Å². The van der Waals surface area contributed by atoms with Crippen LogP contribution in [-0.4, -0.2) is 10.8 Å². The lowest BCUT2D eigenvalue weighted by atomic mass is 10.2. The number of pyridine rings is 1. The predicted octanol–water partition coefficient (Wildman–Crippen LogP) is 3.25. The lowest BCUT2D eigenvalue weighted by Crippen LogP contribution is -2.12. The van der Waals surface area contributed by atoms with E-state index in [0.29, 0.717) is 21.3 Å². The summed E-state index contributed by atoms with van der Waals surface area (Å²) in [5.74, 6) is -0.0759. The molecule has 0 unspecified atom stereocenters. The molecule has 0 atom stereocenters. The Morgan fingerprint density at radius 2 is 1.94 bits per heavy atom. The standard InChI is InChI=1S/C10H7Cl2N3.ClH/c11-5-3-7(12)6-1-2-8(10(13)14)15-9(6)4-5;/h1-4H,(H3,13,14);1H. The first-order chi connectivity index (χ1) is 7.08.